The summed E-state index contributed by atoms with van der Waals surface area (Å²) in [6, 6.07) is 73.7. The molecule has 0 fully saturated rings. The molecule has 0 aliphatic carbocycles. The minimum absolute atomic E-state index is 0.646. The number of benzene rings is 9. The van der Waals surface area contributed by atoms with Crippen molar-refractivity contribution >= 4 is 65.6 Å². The molecule has 0 atom stereocenters. The van der Waals surface area contributed by atoms with Gasteiger partial charge in [-0.05, 0) is 47.5 Å². The molecule has 0 N–H and O–H groups in total. The Morgan fingerprint density at radius 2 is 0.906 bits per heavy atom. The number of fused-ring (bicyclic) bond motifs is 9. The van der Waals surface area contributed by atoms with Crippen molar-refractivity contribution in [2.75, 3.05) is 0 Å². The second-order valence-corrected chi connectivity index (χ2v) is 16.3. The van der Waals surface area contributed by atoms with Gasteiger partial charge in [0, 0.05) is 71.1 Å². The molecule has 0 saturated carbocycles. The van der Waals surface area contributed by atoms with Crippen molar-refractivity contribution in [3.05, 3.63) is 212 Å². The number of furan rings is 2. The Morgan fingerprint density at radius 1 is 0.312 bits per heavy atom. The lowest BCUT2D eigenvalue weighted by molar-refractivity contribution is 0.669. The highest BCUT2D eigenvalue weighted by atomic mass is 16.3. The van der Waals surface area contributed by atoms with Crippen LogP contribution < -0.4 is 0 Å². The van der Waals surface area contributed by atoms with Gasteiger partial charge in [0.25, 0.3) is 0 Å². The van der Waals surface area contributed by atoms with Crippen molar-refractivity contribution in [2.24, 2.45) is 0 Å². The van der Waals surface area contributed by atoms with Gasteiger partial charge in [-0.1, -0.05) is 176 Å². The summed E-state index contributed by atoms with van der Waals surface area (Å²) in [5, 5.41) is 7.61. The summed E-state index contributed by atoms with van der Waals surface area (Å²) in [5.41, 5.74) is 15.2. The standard InChI is InChI=1S/C59H35N3O2/c1-3-15-37(16-4-1)49-35-50(62-59(61-49)39-31-29-36(30-32-39)42-24-14-25-44-43-21-8-11-27-51(43)64-58(42)44)40-19-13-20-41(33-40)54-55-45-22-7-10-26-48(45)60-57(38-17-5-2-6-18-38)47(55)34-53-56(54)46-23-9-12-28-52(46)63-53/h1-35H. The van der Waals surface area contributed by atoms with Crippen molar-refractivity contribution in [3.8, 4) is 67.4 Å². The average molecular weight is 818 g/mol. The van der Waals surface area contributed by atoms with E-state index in [1.165, 1.54) is 0 Å². The van der Waals surface area contributed by atoms with Crippen LogP contribution in [0.2, 0.25) is 0 Å². The second-order valence-electron chi connectivity index (χ2n) is 16.3. The molecule has 0 bridgehead atoms. The maximum atomic E-state index is 6.69. The second kappa shape index (κ2) is 14.5. The van der Waals surface area contributed by atoms with E-state index in [0.717, 1.165) is 127 Å². The van der Waals surface area contributed by atoms with Crippen molar-refractivity contribution in [2.45, 2.75) is 0 Å². The van der Waals surface area contributed by atoms with E-state index in [0.29, 0.717) is 5.82 Å². The lowest BCUT2D eigenvalue weighted by Gasteiger charge is -2.16. The molecule has 5 nitrogen and oxygen atoms in total. The fourth-order valence-corrected chi connectivity index (χ4v) is 9.51. The van der Waals surface area contributed by atoms with Gasteiger partial charge >= 0.3 is 0 Å². The Labute approximate surface area is 367 Å². The summed E-state index contributed by atoms with van der Waals surface area (Å²) in [7, 11) is 0. The lowest BCUT2D eigenvalue weighted by Crippen LogP contribution is -1.96. The summed E-state index contributed by atoms with van der Waals surface area (Å²) in [6.45, 7) is 0. The van der Waals surface area contributed by atoms with E-state index < -0.39 is 0 Å². The van der Waals surface area contributed by atoms with Gasteiger partial charge in [-0.2, -0.15) is 0 Å². The normalized spacial score (nSPS) is 11.8. The van der Waals surface area contributed by atoms with Crippen LogP contribution in [0.3, 0.4) is 0 Å². The minimum Gasteiger partial charge on any atom is -0.456 e. The number of aromatic nitrogens is 3. The summed E-state index contributed by atoms with van der Waals surface area (Å²) in [4.78, 5) is 15.8. The fraction of sp³-hybridized carbons (Fsp3) is 0. The van der Waals surface area contributed by atoms with Gasteiger partial charge in [0.1, 0.15) is 22.3 Å². The smallest absolute Gasteiger partial charge is 0.160 e. The molecule has 0 aliphatic rings. The van der Waals surface area contributed by atoms with Gasteiger partial charge in [-0.25, -0.2) is 15.0 Å². The van der Waals surface area contributed by atoms with Gasteiger partial charge in [0.2, 0.25) is 0 Å². The predicted molar refractivity (Wildman–Crippen MR) is 262 cm³/mol. The predicted octanol–water partition coefficient (Wildman–Crippen LogP) is 16.0. The Morgan fingerprint density at radius 3 is 1.70 bits per heavy atom. The van der Waals surface area contributed by atoms with Gasteiger partial charge in [0.05, 0.1) is 22.6 Å². The molecule has 0 amide bonds. The lowest BCUT2D eigenvalue weighted by atomic mass is 9.89. The highest BCUT2D eigenvalue weighted by Crippen LogP contribution is 2.47. The van der Waals surface area contributed by atoms with Gasteiger partial charge in [-0.15, -0.1) is 0 Å². The van der Waals surface area contributed by atoms with Crippen molar-refractivity contribution in [3.63, 3.8) is 0 Å². The zero-order chi connectivity index (χ0) is 42.1. The Kier molecular flexibility index (Phi) is 8.15. The van der Waals surface area contributed by atoms with E-state index in [2.05, 4.69) is 176 Å². The third-order valence-corrected chi connectivity index (χ3v) is 12.5. The fourth-order valence-electron chi connectivity index (χ4n) is 9.51. The Balaban J connectivity index is 1.01. The zero-order valence-corrected chi connectivity index (χ0v) is 34.4. The van der Waals surface area contributed by atoms with E-state index in [9.17, 15) is 0 Å². The molecule has 13 aromatic rings. The van der Waals surface area contributed by atoms with E-state index >= 15 is 0 Å². The first-order valence-electron chi connectivity index (χ1n) is 21.5. The van der Waals surface area contributed by atoms with E-state index in [-0.39, 0.29) is 0 Å². The van der Waals surface area contributed by atoms with Crippen molar-refractivity contribution in [1.82, 2.24) is 15.0 Å². The van der Waals surface area contributed by atoms with E-state index in [4.69, 9.17) is 23.8 Å². The van der Waals surface area contributed by atoms with Crippen LogP contribution >= 0.6 is 0 Å². The molecular weight excluding hydrogens is 783 g/mol. The van der Waals surface area contributed by atoms with Crippen LogP contribution in [0, 0.1) is 0 Å². The topological polar surface area (TPSA) is 65.0 Å². The molecule has 0 spiro atoms. The zero-order valence-electron chi connectivity index (χ0n) is 34.4. The maximum absolute atomic E-state index is 6.69. The number of pyridine rings is 1. The molecule has 9 aromatic carbocycles. The molecular formula is C59H35N3O2. The summed E-state index contributed by atoms with van der Waals surface area (Å²) in [6.07, 6.45) is 0. The van der Waals surface area contributed by atoms with E-state index in [1.54, 1.807) is 0 Å². The van der Waals surface area contributed by atoms with E-state index in [1.807, 2.05) is 36.4 Å². The molecule has 298 valence electrons. The number of hydrogen-bond donors (Lipinski definition) is 0. The monoisotopic (exact) mass is 817 g/mol. The van der Waals surface area contributed by atoms with Crippen LogP contribution in [0.15, 0.2) is 221 Å². The van der Waals surface area contributed by atoms with Crippen LogP contribution in [0.25, 0.3) is 133 Å². The Hall–Kier alpha value is -8.67. The minimum atomic E-state index is 0.646. The highest BCUT2D eigenvalue weighted by Gasteiger charge is 2.22. The molecule has 0 saturated heterocycles. The van der Waals surface area contributed by atoms with Crippen LogP contribution in [0.1, 0.15) is 0 Å². The number of hydrogen-bond acceptors (Lipinski definition) is 5. The first kappa shape index (κ1) is 36.0. The quantitative estimate of drug-likeness (QED) is 0.156. The largest absolute Gasteiger partial charge is 0.456 e. The molecule has 0 unspecified atom stereocenters. The molecule has 13 rings (SSSR count). The number of para-hydroxylation sites is 4. The van der Waals surface area contributed by atoms with Gasteiger partial charge in [0.15, 0.2) is 5.82 Å². The SMILES string of the molecule is c1ccc(-c2cc(-c3cccc(-c4c5c(cc6c(-c7ccccc7)nc7ccccc7c46)oc4ccccc45)c3)nc(-c3ccc(-c4cccc5c4oc4ccccc45)cc3)n2)cc1. The summed E-state index contributed by atoms with van der Waals surface area (Å²) < 4.78 is 13.1. The molecule has 64 heavy (non-hydrogen) atoms. The maximum Gasteiger partial charge on any atom is 0.160 e. The third-order valence-electron chi connectivity index (χ3n) is 12.5. The summed E-state index contributed by atoms with van der Waals surface area (Å²) >= 11 is 0. The third kappa shape index (κ3) is 5.83. The van der Waals surface area contributed by atoms with Crippen LogP contribution in [0.4, 0.5) is 0 Å². The molecule has 0 radical (unpaired) electrons. The van der Waals surface area contributed by atoms with Crippen molar-refractivity contribution < 1.29 is 8.83 Å². The van der Waals surface area contributed by atoms with Crippen LogP contribution in [0.5, 0.6) is 0 Å². The van der Waals surface area contributed by atoms with Gasteiger partial charge in [-0.3, -0.25) is 0 Å². The highest BCUT2D eigenvalue weighted by molar-refractivity contribution is 6.28. The van der Waals surface area contributed by atoms with Crippen LogP contribution in [-0.4, -0.2) is 15.0 Å². The Bertz CT molecular complexity index is 3950. The number of rotatable bonds is 6. The van der Waals surface area contributed by atoms with Crippen molar-refractivity contribution in [1.29, 1.82) is 0 Å². The number of nitrogens with zero attached hydrogens (tertiary/aromatic N) is 3. The molecule has 5 heteroatoms. The molecule has 4 aromatic heterocycles. The average Bonchev–Trinajstić information content (AvgIpc) is 3.94. The van der Waals surface area contributed by atoms with Gasteiger partial charge < -0.3 is 8.83 Å². The first-order chi connectivity index (χ1) is 31.7. The molecule has 0 aliphatic heterocycles. The first-order valence-corrected chi connectivity index (χ1v) is 21.5. The van der Waals surface area contributed by atoms with Crippen LogP contribution in [-0.2, 0) is 0 Å². The summed E-state index contributed by atoms with van der Waals surface area (Å²) in [5.74, 6) is 0.646. The molecule has 4 heterocycles.